The lowest BCUT2D eigenvalue weighted by Gasteiger charge is -2.21. The number of carbonyl (C=O) groups excluding carboxylic acids is 1. The van der Waals surface area contributed by atoms with Gasteiger partial charge in [-0.3, -0.25) is 9.78 Å². The Bertz CT molecular complexity index is 1070. The van der Waals surface area contributed by atoms with Crippen molar-refractivity contribution in [3.05, 3.63) is 83.2 Å². The number of hydrogen-bond donors (Lipinski definition) is 0. The molecule has 2 heterocycles. The van der Waals surface area contributed by atoms with Gasteiger partial charge in [-0.1, -0.05) is 24.3 Å². The van der Waals surface area contributed by atoms with E-state index in [-0.39, 0.29) is 24.4 Å². The van der Waals surface area contributed by atoms with Gasteiger partial charge < -0.3 is 14.4 Å². The predicted molar refractivity (Wildman–Crippen MR) is 113 cm³/mol. The van der Waals surface area contributed by atoms with Crippen molar-refractivity contribution in [1.29, 1.82) is 0 Å². The van der Waals surface area contributed by atoms with Gasteiger partial charge >= 0.3 is 0 Å². The van der Waals surface area contributed by atoms with Crippen molar-refractivity contribution in [2.45, 2.75) is 25.5 Å². The predicted octanol–water partition coefficient (Wildman–Crippen LogP) is 4.74. The van der Waals surface area contributed by atoms with Gasteiger partial charge in [0.25, 0.3) is 5.91 Å². The molecule has 0 bridgehead atoms. The van der Waals surface area contributed by atoms with Gasteiger partial charge in [-0.25, -0.2) is 0 Å². The van der Waals surface area contributed by atoms with Crippen LogP contribution in [0.3, 0.4) is 0 Å². The maximum atomic E-state index is 12.8. The Labute approximate surface area is 175 Å². The van der Waals surface area contributed by atoms with Gasteiger partial charge in [0.1, 0.15) is 6.10 Å². The van der Waals surface area contributed by atoms with Crippen LogP contribution in [-0.2, 0) is 13.0 Å². The second-order valence-electron chi connectivity index (χ2n) is 7.10. The van der Waals surface area contributed by atoms with Crippen LogP contribution in [0.1, 0.15) is 39.6 Å². The zero-order valence-corrected chi connectivity index (χ0v) is 16.8. The third-order valence-electron chi connectivity index (χ3n) is 5.51. The molecule has 3 aromatic rings. The van der Waals surface area contributed by atoms with Gasteiger partial charge in [-0.2, -0.15) is 0 Å². The number of carbonyl (C=O) groups is 1. The van der Waals surface area contributed by atoms with Crippen molar-refractivity contribution in [2.24, 2.45) is 0 Å². The van der Waals surface area contributed by atoms with Gasteiger partial charge in [-0.15, -0.1) is 12.4 Å². The molecule has 1 aliphatic carbocycles. The molecule has 0 N–H and O–H groups in total. The van der Waals surface area contributed by atoms with Crippen LogP contribution < -0.4 is 14.4 Å². The second kappa shape index (κ2) is 7.76. The van der Waals surface area contributed by atoms with Crippen LogP contribution in [0.5, 0.6) is 11.5 Å². The number of pyridine rings is 1. The molecule has 2 aromatic carbocycles. The number of hydrogen-bond acceptors (Lipinski definition) is 4. The summed E-state index contributed by atoms with van der Waals surface area (Å²) < 4.78 is 11.9. The minimum absolute atomic E-state index is 0. The first kappa shape index (κ1) is 19.3. The summed E-state index contributed by atoms with van der Waals surface area (Å²) in [5.74, 6) is 1.31. The fourth-order valence-corrected chi connectivity index (χ4v) is 4.08. The molecular formula is C23H21ClN2O3. The highest BCUT2D eigenvalue weighted by molar-refractivity contribution is 6.10. The maximum absolute atomic E-state index is 12.8. The minimum atomic E-state index is -0.0141. The fourth-order valence-electron chi connectivity index (χ4n) is 4.08. The van der Waals surface area contributed by atoms with E-state index in [4.69, 9.17) is 9.47 Å². The topological polar surface area (TPSA) is 51.7 Å². The Kier molecular flexibility index (Phi) is 5.16. The number of aromatic nitrogens is 1. The second-order valence-corrected chi connectivity index (χ2v) is 7.10. The molecular weight excluding hydrogens is 388 g/mol. The van der Waals surface area contributed by atoms with Crippen molar-refractivity contribution >= 4 is 24.0 Å². The van der Waals surface area contributed by atoms with Crippen LogP contribution in [-0.4, -0.2) is 18.0 Å². The van der Waals surface area contributed by atoms with E-state index in [2.05, 4.69) is 23.2 Å². The van der Waals surface area contributed by atoms with Gasteiger partial charge in [0, 0.05) is 35.3 Å². The summed E-state index contributed by atoms with van der Waals surface area (Å²) in [7, 11) is 1.63. The lowest BCUT2D eigenvalue weighted by atomic mass is 10.1. The Morgan fingerprint density at radius 2 is 1.93 bits per heavy atom. The van der Waals surface area contributed by atoms with Crippen LogP contribution in [0, 0.1) is 0 Å². The Hall–Kier alpha value is -3.05. The van der Waals surface area contributed by atoms with E-state index in [9.17, 15) is 4.79 Å². The van der Waals surface area contributed by atoms with Gasteiger partial charge in [0.15, 0.2) is 11.5 Å². The first-order chi connectivity index (χ1) is 13.7. The Morgan fingerprint density at radius 1 is 1.07 bits per heavy atom. The quantitative estimate of drug-likeness (QED) is 0.625. The molecule has 2 aliphatic rings. The van der Waals surface area contributed by atoms with Crippen LogP contribution in [0.15, 0.2) is 60.9 Å². The highest BCUT2D eigenvalue weighted by atomic mass is 35.5. The molecule has 0 saturated heterocycles. The van der Waals surface area contributed by atoms with Crippen molar-refractivity contribution < 1.29 is 14.3 Å². The largest absolute Gasteiger partial charge is 0.493 e. The molecule has 5 nitrogen and oxygen atoms in total. The van der Waals surface area contributed by atoms with E-state index < -0.39 is 0 Å². The van der Waals surface area contributed by atoms with Gasteiger partial charge in [-0.05, 0) is 42.2 Å². The number of nitrogens with zero attached hydrogens (tertiary/aromatic N) is 2. The number of amides is 1. The number of anilines is 1. The van der Waals surface area contributed by atoms with E-state index in [0.29, 0.717) is 23.6 Å². The van der Waals surface area contributed by atoms with E-state index in [1.807, 2.05) is 24.3 Å². The number of fused-ring (bicyclic) bond motifs is 2. The zero-order chi connectivity index (χ0) is 19.1. The first-order valence-electron chi connectivity index (χ1n) is 9.42. The highest BCUT2D eigenvalue weighted by Crippen LogP contribution is 2.40. The summed E-state index contributed by atoms with van der Waals surface area (Å²) in [4.78, 5) is 18.7. The monoisotopic (exact) mass is 408 g/mol. The smallest absolute Gasteiger partial charge is 0.259 e. The molecule has 0 saturated carbocycles. The number of aryl methyl sites for hydroxylation is 1. The van der Waals surface area contributed by atoms with E-state index in [1.54, 1.807) is 30.5 Å². The lowest BCUT2D eigenvalue weighted by molar-refractivity contribution is 0.0996. The van der Waals surface area contributed by atoms with Gasteiger partial charge in [0.05, 0.1) is 13.7 Å². The van der Waals surface area contributed by atoms with Crippen molar-refractivity contribution in [3.8, 4) is 11.5 Å². The normalized spacial score (nSPS) is 16.8. The summed E-state index contributed by atoms with van der Waals surface area (Å²) in [5, 5.41) is 0. The van der Waals surface area contributed by atoms with Crippen molar-refractivity contribution in [3.63, 3.8) is 0 Å². The summed E-state index contributed by atoms with van der Waals surface area (Å²) in [6.07, 6.45) is 5.35. The minimum Gasteiger partial charge on any atom is -0.493 e. The third kappa shape index (κ3) is 3.32. The van der Waals surface area contributed by atoms with Crippen molar-refractivity contribution in [1.82, 2.24) is 4.98 Å². The molecule has 6 heteroatoms. The zero-order valence-electron chi connectivity index (χ0n) is 16.0. The molecule has 148 valence electrons. The van der Waals surface area contributed by atoms with Crippen LogP contribution in [0.2, 0.25) is 0 Å². The lowest BCUT2D eigenvalue weighted by Crippen LogP contribution is -2.23. The molecule has 1 aliphatic heterocycles. The molecule has 1 aromatic heterocycles. The van der Waals surface area contributed by atoms with Crippen LogP contribution >= 0.6 is 12.4 Å². The Balaban J connectivity index is 0.00000205. The number of ether oxygens (including phenoxy) is 2. The molecule has 1 amide bonds. The molecule has 5 rings (SSSR count). The number of benzene rings is 2. The maximum Gasteiger partial charge on any atom is 0.259 e. The molecule has 0 spiro atoms. The Morgan fingerprint density at radius 3 is 2.76 bits per heavy atom. The molecule has 1 atom stereocenters. The molecule has 1 unspecified atom stereocenters. The summed E-state index contributed by atoms with van der Waals surface area (Å²) in [6, 6.07) is 15.8. The van der Waals surface area contributed by atoms with E-state index in [1.165, 1.54) is 11.1 Å². The van der Waals surface area contributed by atoms with Gasteiger partial charge in [0.2, 0.25) is 0 Å². The van der Waals surface area contributed by atoms with Crippen molar-refractivity contribution in [2.75, 3.05) is 12.0 Å². The average molecular weight is 409 g/mol. The molecule has 29 heavy (non-hydrogen) atoms. The molecule has 0 fully saturated rings. The number of methoxy groups -OCH3 is 1. The number of halogens is 1. The summed E-state index contributed by atoms with van der Waals surface area (Å²) in [5.41, 5.74) is 5.00. The standard InChI is InChI=1S/C23H20N2O3.ClH/c1-27-21-9-7-17(25-14-16-13-24-11-10-19(16)23(25)26)12-22(21)28-20-8-6-15-4-2-3-5-18(15)20;/h2-5,7,9-13,20H,6,8,14H2,1H3;1H. The third-order valence-corrected chi connectivity index (χ3v) is 5.51. The van der Waals surface area contributed by atoms with Crippen LogP contribution in [0.4, 0.5) is 5.69 Å². The molecule has 0 radical (unpaired) electrons. The van der Waals surface area contributed by atoms with E-state index in [0.717, 1.165) is 24.1 Å². The average Bonchev–Trinajstić information content (AvgIpc) is 3.30. The fraction of sp³-hybridized carbons (Fsp3) is 0.217. The first-order valence-corrected chi connectivity index (χ1v) is 9.42. The SMILES string of the molecule is COc1ccc(N2Cc3cnccc3C2=O)cc1OC1CCc2ccccc21.Cl. The highest BCUT2D eigenvalue weighted by Gasteiger charge is 2.30. The summed E-state index contributed by atoms with van der Waals surface area (Å²) >= 11 is 0. The number of rotatable bonds is 4. The summed E-state index contributed by atoms with van der Waals surface area (Å²) in [6.45, 7) is 0.514. The van der Waals surface area contributed by atoms with Crippen LogP contribution in [0.25, 0.3) is 0 Å². The van der Waals surface area contributed by atoms with E-state index >= 15 is 0 Å².